The number of carbonyl (C=O) groups excluding carboxylic acids is 2. The van der Waals surface area contributed by atoms with Crippen LogP contribution >= 0.6 is 0 Å². The Labute approximate surface area is 184 Å². The molecule has 0 spiro atoms. The van der Waals surface area contributed by atoms with Gasteiger partial charge in [0, 0.05) is 43.7 Å². The molecule has 0 bridgehead atoms. The fraction of sp³-hybridized carbons (Fsp3) is 0.500. The molecule has 31 heavy (non-hydrogen) atoms. The number of hydrogen-bond donors (Lipinski definition) is 0. The van der Waals surface area contributed by atoms with Gasteiger partial charge in [-0.2, -0.15) is 0 Å². The van der Waals surface area contributed by atoms with Crippen molar-refractivity contribution in [1.29, 1.82) is 0 Å². The third kappa shape index (κ3) is 4.86. The summed E-state index contributed by atoms with van der Waals surface area (Å²) in [6.07, 6.45) is 3.03. The SMILES string of the molecule is CC(C)N(CC(=O)N1CCN(c2ccc(-c3ccccc3)nn2)CC1)C(=O)C1CCC1. The average Bonchev–Trinajstić information content (AvgIpc) is 2.76. The highest BCUT2D eigenvalue weighted by Gasteiger charge is 2.33. The fourth-order valence-electron chi connectivity index (χ4n) is 4.09. The van der Waals surface area contributed by atoms with E-state index in [1.54, 1.807) is 4.90 Å². The van der Waals surface area contributed by atoms with Crippen LogP contribution in [0.25, 0.3) is 11.3 Å². The molecule has 1 aromatic heterocycles. The molecule has 1 aliphatic heterocycles. The number of aromatic nitrogens is 2. The third-order valence-corrected chi connectivity index (χ3v) is 6.34. The van der Waals surface area contributed by atoms with Crippen LogP contribution in [-0.2, 0) is 9.59 Å². The number of hydrogen-bond acceptors (Lipinski definition) is 5. The maximum absolute atomic E-state index is 12.9. The molecule has 2 aromatic rings. The molecule has 7 nitrogen and oxygen atoms in total. The van der Waals surface area contributed by atoms with E-state index in [1.165, 1.54) is 0 Å². The standard InChI is InChI=1S/C24H31N5O2/c1-18(2)29(24(31)20-9-6-10-20)17-23(30)28-15-13-27(14-16-28)22-12-11-21(25-26-22)19-7-4-3-5-8-19/h3-5,7-8,11-12,18,20H,6,9-10,13-17H2,1-2H3. The summed E-state index contributed by atoms with van der Waals surface area (Å²) in [5.74, 6) is 1.12. The Hall–Kier alpha value is -2.96. The second-order valence-electron chi connectivity index (χ2n) is 8.70. The lowest BCUT2D eigenvalue weighted by Crippen LogP contribution is -2.53. The first-order chi connectivity index (χ1) is 15.0. The smallest absolute Gasteiger partial charge is 0.242 e. The second-order valence-corrected chi connectivity index (χ2v) is 8.70. The molecule has 2 amide bonds. The number of piperazine rings is 1. The Bertz CT molecular complexity index is 888. The van der Waals surface area contributed by atoms with Gasteiger partial charge in [0.05, 0.1) is 12.2 Å². The van der Waals surface area contributed by atoms with Crippen molar-refractivity contribution >= 4 is 17.6 Å². The van der Waals surface area contributed by atoms with Crippen molar-refractivity contribution in [1.82, 2.24) is 20.0 Å². The molecule has 0 N–H and O–H groups in total. The molecule has 2 aliphatic rings. The number of benzene rings is 1. The normalized spacial score (nSPS) is 16.9. The minimum absolute atomic E-state index is 0.0338. The van der Waals surface area contributed by atoms with E-state index in [4.69, 9.17) is 0 Å². The predicted octanol–water partition coefficient (Wildman–Crippen LogP) is 2.83. The third-order valence-electron chi connectivity index (χ3n) is 6.34. The van der Waals surface area contributed by atoms with Gasteiger partial charge in [-0.1, -0.05) is 36.8 Å². The average molecular weight is 422 g/mol. The molecule has 4 rings (SSSR count). The van der Waals surface area contributed by atoms with Crippen LogP contribution < -0.4 is 4.90 Å². The molecule has 1 aliphatic carbocycles. The van der Waals surface area contributed by atoms with E-state index in [2.05, 4.69) is 15.1 Å². The molecular formula is C24H31N5O2. The summed E-state index contributed by atoms with van der Waals surface area (Å²) >= 11 is 0. The zero-order valence-corrected chi connectivity index (χ0v) is 18.4. The summed E-state index contributed by atoms with van der Waals surface area (Å²) in [6.45, 7) is 6.83. The minimum atomic E-state index is 0.0338. The van der Waals surface area contributed by atoms with E-state index in [9.17, 15) is 9.59 Å². The van der Waals surface area contributed by atoms with Gasteiger partial charge in [-0.25, -0.2) is 0 Å². The first-order valence-corrected chi connectivity index (χ1v) is 11.3. The van der Waals surface area contributed by atoms with Crippen LogP contribution in [0.5, 0.6) is 0 Å². The molecule has 7 heteroatoms. The Morgan fingerprint density at radius 3 is 2.26 bits per heavy atom. The first-order valence-electron chi connectivity index (χ1n) is 11.3. The Balaban J connectivity index is 1.31. The molecule has 1 saturated heterocycles. The van der Waals surface area contributed by atoms with Gasteiger partial charge in [0.15, 0.2) is 5.82 Å². The number of carbonyl (C=O) groups is 2. The summed E-state index contributed by atoms with van der Waals surface area (Å²) in [4.78, 5) is 31.3. The summed E-state index contributed by atoms with van der Waals surface area (Å²) in [6, 6.07) is 14.0. The Morgan fingerprint density at radius 1 is 1.00 bits per heavy atom. The van der Waals surface area contributed by atoms with E-state index in [-0.39, 0.29) is 30.3 Å². The Kier molecular flexibility index (Phi) is 6.49. The van der Waals surface area contributed by atoms with Gasteiger partial charge in [0.25, 0.3) is 0 Å². The number of nitrogens with zero attached hydrogens (tertiary/aromatic N) is 5. The van der Waals surface area contributed by atoms with Gasteiger partial charge in [-0.3, -0.25) is 9.59 Å². The maximum atomic E-state index is 12.9. The van der Waals surface area contributed by atoms with Crippen molar-refractivity contribution in [2.45, 2.75) is 39.2 Å². The quantitative estimate of drug-likeness (QED) is 0.717. The van der Waals surface area contributed by atoms with Crippen molar-refractivity contribution < 1.29 is 9.59 Å². The fourth-order valence-corrected chi connectivity index (χ4v) is 4.09. The van der Waals surface area contributed by atoms with E-state index >= 15 is 0 Å². The zero-order valence-electron chi connectivity index (χ0n) is 18.4. The van der Waals surface area contributed by atoms with Crippen molar-refractivity contribution in [3.63, 3.8) is 0 Å². The molecule has 0 unspecified atom stereocenters. The molecule has 2 fully saturated rings. The van der Waals surface area contributed by atoms with Crippen LogP contribution in [0.2, 0.25) is 0 Å². The summed E-state index contributed by atoms with van der Waals surface area (Å²) in [5.41, 5.74) is 1.89. The lowest BCUT2D eigenvalue weighted by molar-refractivity contribution is -0.146. The van der Waals surface area contributed by atoms with Crippen LogP contribution in [0.15, 0.2) is 42.5 Å². The highest BCUT2D eigenvalue weighted by atomic mass is 16.2. The van der Waals surface area contributed by atoms with Crippen molar-refractivity contribution in [2.24, 2.45) is 5.92 Å². The second kappa shape index (κ2) is 9.45. The van der Waals surface area contributed by atoms with Crippen molar-refractivity contribution in [2.75, 3.05) is 37.6 Å². The predicted molar refractivity (Wildman–Crippen MR) is 120 cm³/mol. The lowest BCUT2D eigenvalue weighted by Gasteiger charge is -2.38. The van der Waals surface area contributed by atoms with Crippen LogP contribution in [0.4, 0.5) is 5.82 Å². The van der Waals surface area contributed by atoms with Crippen molar-refractivity contribution in [3.8, 4) is 11.3 Å². The molecule has 0 atom stereocenters. The lowest BCUT2D eigenvalue weighted by atomic mass is 9.84. The highest BCUT2D eigenvalue weighted by molar-refractivity contribution is 5.86. The first kappa shape index (κ1) is 21.3. The van der Waals surface area contributed by atoms with E-state index < -0.39 is 0 Å². The summed E-state index contributed by atoms with van der Waals surface area (Å²) in [5, 5.41) is 8.77. The molecule has 2 heterocycles. The number of amides is 2. The monoisotopic (exact) mass is 421 g/mol. The van der Waals surface area contributed by atoms with Crippen LogP contribution in [-0.4, -0.2) is 70.6 Å². The van der Waals surface area contributed by atoms with Gasteiger partial charge >= 0.3 is 0 Å². The van der Waals surface area contributed by atoms with Gasteiger partial charge in [0.1, 0.15) is 0 Å². The zero-order chi connectivity index (χ0) is 21.8. The van der Waals surface area contributed by atoms with Gasteiger partial charge in [-0.15, -0.1) is 10.2 Å². The Morgan fingerprint density at radius 2 is 1.71 bits per heavy atom. The molecule has 164 valence electrons. The van der Waals surface area contributed by atoms with E-state index in [1.807, 2.05) is 61.2 Å². The number of rotatable bonds is 6. The van der Waals surface area contributed by atoms with Crippen LogP contribution in [0, 0.1) is 5.92 Å². The van der Waals surface area contributed by atoms with E-state index in [0.29, 0.717) is 26.2 Å². The number of anilines is 1. The van der Waals surface area contributed by atoms with Gasteiger partial charge in [0.2, 0.25) is 11.8 Å². The largest absolute Gasteiger partial charge is 0.352 e. The summed E-state index contributed by atoms with van der Waals surface area (Å²) in [7, 11) is 0. The van der Waals surface area contributed by atoms with Crippen LogP contribution in [0.1, 0.15) is 33.1 Å². The van der Waals surface area contributed by atoms with Gasteiger partial charge < -0.3 is 14.7 Å². The molecule has 1 aromatic carbocycles. The van der Waals surface area contributed by atoms with Crippen LogP contribution in [0.3, 0.4) is 0 Å². The summed E-state index contributed by atoms with van der Waals surface area (Å²) < 4.78 is 0. The topological polar surface area (TPSA) is 69.6 Å². The van der Waals surface area contributed by atoms with Gasteiger partial charge in [-0.05, 0) is 38.8 Å². The molecular weight excluding hydrogens is 390 g/mol. The van der Waals surface area contributed by atoms with Crippen molar-refractivity contribution in [3.05, 3.63) is 42.5 Å². The maximum Gasteiger partial charge on any atom is 0.242 e. The van der Waals surface area contributed by atoms with E-state index in [0.717, 1.165) is 36.3 Å². The molecule has 0 radical (unpaired) electrons. The highest BCUT2D eigenvalue weighted by Crippen LogP contribution is 2.29. The minimum Gasteiger partial charge on any atom is -0.352 e. The molecule has 1 saturated carbocycles.